The standard InChI is InChI=1S/C28H29N5O2S/c1-20-9-8-12-23(19-20)33-27(32-15-17-35-18-16-32)30-31-28(33)36-21(2)26(34)29-25-14-7-6-13-24(25)22-10-4-3-5-11-22/h3-14,19,21H,15-18H2,1-2H3,(H,29,34). The Labute approximate surface area is 215 Å². The van der Waals surface area contributed by atoms with Crippen LogP contribution in [0.5, 0.6) is 0 Å². The molecule has 1 saturated heterocycles. The second-order valence-electron chi connectivity index (χ2n) is 8.72. The lowest BCUT2D eigenvalue weighted by atomic mass is 10.0. The van der Waals surface area contributed by atoms with Gasteiger partial charge in [0.2, 0.25) is 11.9 Å². The summed E-state index contributed by atoms with van der Waals surface area (Å²) in [6.07, 6.45) is 0. The van der Waals surface area contributed by atoms with Crippen LogP contribution in [0.3, 0.4) is 0 Å². The van der Waals surface area contributed by atoms with Gasteiger partial charge in [-0.25, -0.2) is 0 Å². The lowest BCUT2D eigenvalue weighted by Gasteiger charge is -2.28. The van der Waals surface area contributed by atoms with Gasteiger partial charge in [-0.3, -0.25) is 9.36 Å². The van der Waals surface area contributed by atoms with E-state index in [2.05, 4.69) is 39.5 Å². The lowest BCUT2D eigenvalue weighted by molar-refractivity contribution is -0.115. The Morgan fingerprint density at radius 2 is 1.72 bits per heavy atom. The molecule has 8 heteroatoms. The molecule has 1 amide bonds. The monoisotopic (exact) mass is 499 g/mol. The predicted molar refractivity (Wildman–Crippen MR) is 145 cm³/mol. The summed E-state index contributed by atoms with van der Waals surface area (Å²) >= 11 is 1.40. The number of amides is 1. The van der Waals surface area contributed by atoms with Crippen LogP contribution in [0.4, 0.5) is 11.6 Å². The molecule has 1 atom stereocenters. The van der Waals surface area contributed by atoms with E-state index < -0.39 is 0 Å². The number of aromatic nitrogens is 3. The molecule has 1 aliphatic heterocycles. The van der Waals surface area contributed by atoms with Gasteiger partial charge in [0.25, 0.3) is 0 Å². The summed E-state index contributed by atoms with van der Waals surface area (Å²) in [4.78, 5) is 15.5. The number of anilines is 2. The predicted octanol–water partition coefficient (Wildman–Crippen LogP) is 5.20. The number of para-hydroxylation sites is 1. The molecule has 4 aromatic rings. The molecule has 0 saturated carbocycles. The van der Waals surface area contributed by atoms with Crippen LogP contribution in [0.2, 0.25) is 0 Å². The first-order valence-corrected chi connectivity index (χ1v) is 13.0. The summed E-state index contributed by atoms with van der Waals surface area (Å²) in [5.41, 5.74) is 4.96. The maximum Gasteiger partial charge on any atom is 0.237 e. The number of benzene rings is 3. The van der Waals surface area contributed by atoms with Crippen molar-refractivity contribution in [2.24, 2.45) is 0 Å². The van der Waals surface area contributed by atoms with Crippen LogP contribution < -0.4 is 10.2 Å². The molecule has 1 aliphatic rings. The summed E-state index contributed by atoms with van der Waals surface area (Å²) in [6.45, 7) is 6.78. The van der Waals surface area contributed by atoms with Crippen molar-refractivity contribution in [1.82, 2.24) is 14.8 Å². The van der Waals surface area contributed by atoms with E-state index in [1.54, 1.807) is 0 Å². The maximum absolute atomic E-state index is 13.3. The fraction of sp³-hybridized carbons (Fsp3) is 0.250. The van der Waals surface area contributed by atoms with Crippen molar-refractivity contribution in [2.75, 3.05) is 36.5 Å². The van der Waals surface area contributed by atoms with E-state index >= 15 is 0 Å². The number of rotatable bonds is 7. The van der Waals surface area contributed by atoms with Crippen LogP contribution in [0.15, 0.2) is 84.0 Å². The van der Waals surface area contributed by atoms with Crippen molar-refractivity contribution >= 4 is 29.3 Å². The zero-order valence-electron chi connectivity index (χ0n) is 20.4. The topological polar surface area (TPSA) is 72.3 Å². The van der Waals surface area contributed by atoms with Crippen molar-refractivity contribution < 1.29 is 9.53 Å². The van der Waals surface area contributed by atoms with E-state index in [1.807, 2.05) is 78.2 Å². The highest BCUT2D eigenvalue weighted by atomic mass is 32.2. The number of nitrogens with one attached hydrogen (secondary N) is 1. The molecule has 0 bridgehead atoms. The van der Waals surface area contributed by atoms with Gasteiger partial charge in [-0.2, -0.15) is 0 Å². The molecule has 1 unspecified atom stereocenters. The van der Waals surface area contributed by atoms with Crippen molar-refractivity contribution in [2.45, 2.75) is 24.3 Å². The molecule has 0 aliphatic carbocycles. The molecule has 7 nitrogen and oxygen atoms in total. The SMILES string of the molecule is Cc1cccc(-n2c(SC(C)C(=O)Nc3ccccc3-c3ccccc3)nnc2N2CCOCC2)c1. The number of carbonyl (C=O) groups excluding carboxylic acids is 1. The fourth-order valence-corrected chi connectivity index (χ4v) is 5.07. The number of thioether (sulfide) groups is 1. The Morgan fingerprint density at radius 1 is 0.972 bits per heavy atom. The highest BCUT2D eigenvalue weighted by Gasteiger charge is 2.25. The van der Waals surface area contributed by atoms with Crippen molar-refractivity contribution in [3.63, 3.8) is 0 Å². The smallest absolute Gasteiger partial charge is 0.237 e. The quantitative estimate of drug-likeness (QED) is 0.353. The maximum atomic E-state index is 13.3. The van der Waals surface area contributed by atoms with Crippen molar-refractivity contribution in [1.29, 1.82) is 0 Å². The van der Waals surface area contributed by atoms with Gasteiger partial charge in [0.1, 0.15) is 0 Å². The van der Waals surface area contributed by atoms with Gasteiger partial charge in [-0.15, -0.1) is 10.2 Å². The van der Waals surface area contributed by atoms with E-state index in [-0.39, 0.29) is 11.2 Å². The molecule has 0 spiro atoms. The molecule has 5 rings (SSSR count). The van der Waals surface area contributed by atoms with Gasteiger partial charge in [-0.1, -0.05) is 72.4 Å². The first-order valence-electron chi connectivity index (χ1n) is 12.1. The Balaban J connectivity index is 1.40. The number of ether oxygens (including phenoxy) is 1. The number of nitrogens with zero attached hydrogens (tertiary/aromatic N) is 4. The van der Waals surface area contributed by atoms with E-state index in [9.17, 15) is 4.79 Å². The van der Waals surface area contributed by atoms with Gasteiger partial charge in [0, 0.05) is 24.3 Å². The van der Waals surface area contributed by atoms with E-state index in [0.717, 1.165) is 47.1 Å². The van der Waals surface area contributed by atoms with Gasteiger partial charge in [0.05, 0.1) is 24.2 Å². The molecular formula is C28H29N5O2S. The van der Waals surface area contributed by atoms with Crippen molar-refractivity contribution in [3.05, 3.63) is 84.4 Å². The number of carbonyl (C=O) groups is 1. The Kier molecular flexibility index (Phi) is 7.34. The molecule has 184 valence electrons. The number of hydrogen-bond donors (Lipinski definition) is 1. The molecule has 1 fully saturated rings. The Bertz CT molecular complexity index is 1330. The fourth-order valence-electron chi connectivity index (χ4n) is 4.21. The first kappa shape index (κ1) is 24.1. The minimum absolute atomic E-state index is 0.0879. The third kappa shape index (κ3) is 5.29. The van der Waals surface area contributed by atoms with Crippen LogP contribution in [-0.4, -0.2) is 52.2 Å². The normalized spacial score (nSPS) is 14.4. The summed E-state index contributed by atoms with van der Waals surface area (Å²) < 4.78 is 7.58. The second-order valence-corrected chi connectivity index (χ2v) is 10.0. The largest absolute Gasteiger partial charge is 0.378 e. The van der Waals surface area contributed by atoms with Crippen LogP contribution in [0, 0.1) is 6.92 Å². The zero-order chi connectivity index (χ0) is 24.9. The van der Waals surface area contributed by atoms with Crippen LogP contribution in [-0.2, 0) is 9.53 Å². The molecule has 1 N–H and O–H groups in total. The summed E-state index contributed by atoms with van der Waals surface area (Å²) in [6, 6.07) is 26.2. The second kappa shape index (κ2) is 11.0. The Hall–Kier alpha value is -3.62. The molecule has 2 heterocycles. The molecule has 3 aromatic carbocycles. The summed E-state index contributed by atoms with van der Waals surface area (Å²) in [5, 5.41) is 12.4. The van der Waals surface area contributed by atoms with Crippen LogP contribution in [0.1, 0.15) is 12.5 Å². The molecular weight excluding hydrogens is 470 g/mol. The third-order valence-electron chi connectivity index (χ3n) is 6.09. The zero-order valence-corrected chi connectivity index (χ0v) is 21.2. The Morgan fingerprint density at radius 3 is 2.50 bits per heavy atom. The molecule has 0 radical (unpaired) electrons. The molecule has 1 aromatic heterocycles. The molecule has 36 heavy (non-hydrogen) atoms. The van der Waals surface area contributed by atoms with Gasteiger partial charge in [-0.05, 0) is 43.2 Å². The third-order valence-corrected chi connectivity index (χ3v) is 7.13. The average Bonchev–Trinajstić information content (AvgIpc) is 3.33. The van der Waals surface area contributed by atoms with Crippen LogP contribution in [0.25, 0.3) is 16.8 Å². The van der Waals surface area contributed by atoms with E-state index in [1.165, 1.54) is 11.8 Å². The number of aryl methyl sites for hydroxylation is 1. The van der Waals surface area contributed by atoms with E-state index in [0.29, 0.717) is 18.4 Å². The first-order chi connectivity index (χ1) is 17.6. The minimum atomic E-state index is -0.390. The lowest BCUT2D eigenvalue weighted by Crippen LogP contribution is -2.38. The summed E-state index contributed by atoms with van der Waals surface area (Å²) in [7, 11) is 0. The van der Waals surface area contributed by atoms with Gasteiger partial charge in [0.15, 0.2) is 5.16 Å². The van der Waals surface area contributed by atoms with E-state index in [4.69, 9.17) is 4.74 Å². The van der Waals surface area contributed by atoms with Crippen molar-refractivity contribution in [3.8, 4) is 16.8 Å². The minimum Gasteiger partial charge on any atom is -0.378 e. The highest BCUT2D eigenvalue weighted by molar-refractivity contribution is 8.00. The van der Waals surface area contributed by atoms with Crippen LogP contribution >= 0.6 is 11.8 Å². The highest BCUT2D eigenvalue weighted by Crippen LogP contribution is 2.32. The average molecular weight is 500 g/mol. The number of hydrogen-bond acceptors (Lipinski definition) is 6. The van der Waals surface area contributed by atoms with Gasteiger partial charge >= 0.3 is 0 Å². The summed E-state index contributed by atoms with van der Waals surface area (Å²) in [5.74, 6) is 0.684. The van der Waals surface area contributed by atoms with Gasteiger partial charge < -0.3 is 15.0 Å². The number of morpholine rings is 1.